The van der Waals surface area contributed by atoms with Gasteiger partial charge in [0.15, 0.2) is 0 Å². The van der Waals surface area contributed by atoms with E-state index in [0.717, 1.165) is 18.4 Å². The first-order valence-corrected chi connectivity index (χ1v) is 9.66. The third kappa shape index (κ3) is 4.81. The molecule has 140 valence electrons. The van der Waals surface area contributed by atoms with Crippen molar-refractivity contribution in [2.24, 2.45) is 0 Å². The van der Waals surface area contributed by atoms with Crippen molar-refractivity contribution in [1.82, 2.24) is 20.4 Å². The first kappa shape index (κ1) is 18.4. The van der Waals surface area contributed by atoms with Gasteiger partial charge in [0.1, 0.15) is 0 Å². The number of amides is 2. The maximum absolute atomic E-state index is 12.1. The van der Waals surface area contributed by atoms with Crippen molar-refractivity contribution in [3.05, 3.63) is 22.7 Å². The molecule has 0 spiro atoms. The highest BCUT2D eigenvalue weighted by molar-refractivity contribution is 7.08. The SMILES string of the molecule is CCOC(=O)N1CCC(NC(=O)CCc2nnc(-c3ccsc3)o2)CC1. The number of piperidine rings is 1. The molecule has 0 atom stereocenters. The Balaban J connectivity index is 1.39. The first-order chi connectivity index (χ1) is 12.7. The summed E-state index contributed by atoms with van der Waals surface area (Å²) in [4.78, 5) is 25.5. The van der Waals surface area contributed by atoms with Crippen LogP contribution in [0.2, 0.25) is 0 Å². The molecule has 0 unspecified atom stereocenters. The Morgan fingerprint density at radius 1 is 1.38 bits per heavy atom. The van der Waals surface area contributed by atoms with Gasteiger partial charge in [-0.3, -0.25) is 4.79 Å². The minimum Gasteiger partial charge on any atom is -0.450 e. The molecule has 2 aromatic rings. The average Bonchev–Trinajstić information content (AvgIpc) is 3.32. The number of carbonyl (C=O) groups is 2. The fourth-order valence-electron chi connectivity index (χ4n) is 2.80. The van der Waals surface area contributed by atoms with Crippen LogP contribution in [0, 0.1) is 0 Å². The molecule has 0 bridgehead atoms. The Morgan fingerprint density at radius 2 is 2.19 bits per heavy atom. The number of nitrogens with zero attached hydrogens (tertiary/aromatic N) is 3. The van der Waals surface area contributed by atoms with Crippen molar-refractivity contribution in [3.63, 3.8) is 0 Å². The summed E-state index contributed by atoms with van der Waals surface area (Å²) in [6.07, 6.45) is 1.88. The molecule has 1 saturated heterocycles. The van der Waals surface area contributed by atoms with Gasteiger partial charge in [-0.1, -0.05) is 0 Å². The van der Waals surface area contributed by atoms with Gasteiger partial charge in [0, 0.05) is 42.9 Å². The molecule has 0 radical (unpaired) electrons. The number of hydrogen-bond donors (Lipinski definition) is 1. The van der Waals surface area contributed by atoms with Gasteiger partial charge in [-0.25, -0.2) is 4.79 Å². The highest BCUT2D eigenvalue weighted by atomic mass is 32.1. The first-order valence-electron chi connectivity index (χ1n) is 8.71. The second kappa shape index (κ2) is 8.79. The number of hydrogen-bond acceptors (Lipinski definition) is 7. The lowest BCUT2D eigenvalue weighted by Crippen LogP contribution is -2.46. The lowest BCUT2D eigenvalue weighted by atomic mass is 10.1. The number of aromatic nitrogens is 2. The zero-order valence-corrected chi connectivity index (χ0v) is 15.5. The average molecular weight is 378 g/mol. The number of carbonyl (C=O) groups excluding carboxylic acids is 2. The quantitative estimate of drug-likeness (QED) is 0.829. The van der Waals surface area contributed by atoms with Gasteiger partial charge in [0.2, 0.25) is 17.7 Å². The van der Waals surface area contributed by atoms with Crippen LogP contribution in [0.15, 0.2) is 21.2 Å². The summed E-state index contributed by atoms with van der Waals surface area (Å²) < 4.78 is 10.6. The fourth-order valence-corrected chi connectivity index (χ4v) is 3.43. The van der Waals surface area contributed by atoms with Crippen LogP contribution in [0.5, 0.6) is 0 Å². The zero-order valence-electron chi connectivity index (χ0n) is 14.6. The Labute approximate surface area is 155 Å². The number of likely N-dealkylation sites (tertiary alicyclic amines) is 1. The van der Waals surface area contributed by atoms with Gasteiger partial charge in [0.25, 0.3) is 0 Å². The molecule has 2 aromatic heterocycles. The van der Waals surface area contributed by atoms with Crippen LogP contribution in [0.1, 0.15) is 32.1 Å². The molecule has 1 aliphatic rings. The molecule has 1 fully saturated rings. The Kier molecular flexibility index (Phi) is 6.21. The van der Waals surface area contributed by atoms with Gasteiger partial charge >= 0.3 is 6.09 Å². The van der Waals surface area contributed by atoms with E-state index in [1.54, 1.807) is 23.2 Å². The van der Waals surface area contributed by atoms with Crippen molar-refractivity contribution < 1.29 is 18.7 Å². The van der Waals surface area contributed by atoms with Gasteiger partial charge in [0.05, 0.1) is 6.61 Å². The largest absolute Gasteiger partial charge is 0.450 e. The number of nitrogens with one attached hydrogen (secondary N) is 1. The summed E-state index contributed by atoms with van der Waals surface area (Å²) in [5.41, 5.74) is 0.895. The predicted molar refractivity (Wildman–Crippen MR) is 95.7 cm³/mol. The molecular weight excluding hydrogens is 356 g/mol. The molecular formula is C17H22N4O4S. The lowest BCUT2D eigenvalue weighted by molar-refractivity contribution is -0.122. The van der Waals surface area contributed by atoms with Gasteiger partial charge in [-0.15, -0.1) is 10.2 Å². The van der Waals surface area contributed by atoms with Crippen molar-refractivity contribution in [3.8, 4) is 11.5 Å². The van der Waals surface area contributed by atoms with Crippen molar-refractivity contribution in [2.75, 3.05) is 19.7 Å². The van der Waals surface area contributed by atoms with E-state index in [1.165, 1.54) is 0 Å². The van der Waals surface area contributed by atoms with E-state index in [4.69, 9.17) is 9.15 Å². The van der Waals surface area contributed by atoms with Crippen molar-refractivity contribution >= 4 is 23.3 Å². The minimum atomic E-state index is -0.282. The maximum Gasteiger partial charge on any atom is 0.409 e. The summed E-state index contributed by atoms with van der Waals surface area (Å²) in [5, 5.41) is 14.9. The van der Waals surface area contributed by atoms with Gasteiger partial charge in [-0.05, 0) is 31.2 Å². The molecule has 1 N–H and O–H groups in total. The summed E-state index contributed by atoms with van der Waals surface area (Å²) in [5.74, 6) is 0.890. The molecule has 2 amide bonds. The molecule has 0 saturated carbocycles. The van der Waals surface area contributed by atoms with Gasteiger partial charge in [-0.2, -0.15) is 11.3 Å². The number of aryl methyl sites for hydroxylation is 1. The third-order valence-electron chi connectivity index (χ3n) is 4.19. The molecule has 3 rings (SSSR count). The predicted octanol–water partition coefficient (Wildman–Crippen LogP) is 2.47. The summed E-state index contributed by atoms with van der Waals surface area (Å²) in [7, 11) is 0. The van der Waals surface area contributed by atoms with Crippen molar-refractivity contribution in [2.45, 2.75) is 38.6 Å². The normalized spacial score (nSPS) is 15.0. The van der Waals surface area contributed by atoms with Crippen LogP contribution in [0.25, 0.3) is 11.5 Å². The van der Waals surface area contributed by atoms with Crippen LogP contribution in [-0.2, 0) is 16.0 Å². The number of thiophene rings is 1. The van der Waals surface area contributed by atoms with E-state index < -0.39 is 0 Å². The highest BCUT2D eigenvalue weighted by Crippen LogP contribution is 2.20. The molecule has 3 heterocycles. The Morgan fingerprint density at radius 3 is 2.88 bits per heavy atom. The number of ether oxygens (including phenoxy) is 1. The van der Waals surface area contributed by atoms with Crippen LogP contribution >= 0.6 is 11.3 Å². The second-order valence-electron chi connectivity index (χ2n) is 6.04. The lowest BCUT2D eigenvalue weighted by Gasteiger charge is -2.31. The zero-order chi connectivity index (χ0) is 18.4. The molecule has 0 aromatic carbocycles. The van der Waals surface area contributed by atoms with Crippen LogP contribution in [-0.4, -0.2) is 52.8 Å². The summed E-state index contributed by atoms with van der Waals surface area (Å²) >= 11 is 1.56. The second-order valence-corrected chi connectivity index (χ2v) is 6.82. The summed E-state index contributed by atoms with van der Waals surface area (Å²) in [6, 6.07) is 1.99. The van der Waals surface area contributed by atoms with Gasteiger partial charge < -0.3 is 19.4 Å². The fraction of sp³-hybridized carbons (Fsp3) is 0.529. The number of rotatable bonds is 6. The molecule has 1 aliphatic heterocycles. The van der Waals surface area contributed by atoms with E-state index in [-0.39, 0.29) is 18.0 Å². The highest BCUT2D eigenvalue weighted by Gasteiger charge is 2.24. The van der Waals surface area contributed by atoms with Crippen molar-refractivity contribution in [1.29, 1.82) is 0 Å². The van der Waals surface area contributed by atoms with Crippen LogP contribution in [0.3, 0.4) is 0 Å². The maximum atomic E-state index is 12.1. The smallest absolute Gasteiger partial charge is 0.409 e. The topological polar surface area (TPSA) is 97.6 Å². The standard InChI is InChI=1S/C17H22N4O4S/c1-2-24-17(23)21-8-5-13(6-9-21)18-14(22)3-4-15-19-20-16(25-15)12-7-10-26-11-12/h7,10-11,13H,2-6,8-9H2,1H3,(H,18,22). The van der Waals surface area contributed by atoms with E-state index in [1.807, 2.05) is 16.8 Å². The molecule has 9 heteroatoms. The molecule has 8 nitrogen and oxygen atoms in total. The minimum absolute atomic E-state index is 0.0464. The van der Waals surface area contributed by atoms with E-state index in [0.29, 0.717) is 44.3 Å². The van der Waals surface area contributed by atoms with E-state index in [2.05, 4.69) is 15.5 Å². The monoisotopic (exact) mass is 378 g/mol. The molecule has 26 heavy (non-hydrogen) atoms. The third-order valence-corrected chi connectivity index (χ3v) is 4.87. The van der Waals surface area contributed by atoms with Crippen LogP contribution < -0.4 is 5.32 Å². The van der Waals surface area contributed by atoms with E-state index >= 15 is 0 Å². The summed E-state index contributed by atoms with van der Waals surface area (Å²) in [6.45, 7) is 3.35. The Hall–Kier alpha value is -2.42. The Bertz CT molecular complexity index is 723. The molecule has 0 aliphatic carbocycles. The van der Waals surface area contributed by atoms with Crippen LogP contribution in [0.4, 0.5) is 4.79 Å². The van der Waals surface area contributed by atoms with E-state index in [9.17, 15) is 9.59 Å².